The highest BCUT2D eigenvalue weighted by molar-refractivity contribution is 5.73. The highest BCUT2D eigenvalue weighted by atomic mass is 19.4. The Morgan fingerprint density at radius 3 is 2.08 bits per heavy atom. The van der Waals surface area contributed by atoms with Crippen LogP contribution in [0.1, 0.15) is 6.42 Å². The van der Waals surface area contributed by atoms with Crippen LogP contribution in [0.5, 0.6) is 0 Å². The van der Waals surface area contributed by atoms with Crippen LogP contribution in [0.2, 0.25) is 0 Å². The van der Waals surface area contributed by atoms with Crippen molar-refractivity contribution in [3.8, 4) is 0 Å². The van der Waals surface area contributed by atoms with Crippen molar-refractivity contribution in [2.24, 2.45) is 11.5 Å². The molecule has 7 heteroatoms. The molecule has 0 aliphatic rings. The molecule has 0 rings (SSSR count). The number of aliphatic carboxylic acids is 1. The van der Waals surface area contributed by atoms with Crippen LogP contribution in [0, 0.1) is 0 Å². The molecule has 0 amide bonds. The van der Waals surface area contributed by atoms with Gasteiger partial charge in [-0.15, -0.1) is 0 Å². The average molecular weight is 186 g/mol. The largest absolute Gasteiger partial charge is 0.480 e. The summed E-state index contributed by atoms with van der Waals surface area (Å²) >= 11 is 0. The van der Waals surface area contributed by atoms with Crippen LogP contribution in [0.25, 0.3) is 0 Å². The minimum absolute atomic E-state index is 0.807. The first-order valence-electron chi connectivity index (χ1n) is 3.06. The summed E-state index contributed by atoms with van der Waals surface area (Å²) < 4.78 is 35.1. The lowest BCUT2D eigenvalue weighted by Gasteiger charge is -2.16. The zero-order chi connectivity index (χ0) is 9.94. The molecule has 0 aliphatic carbocycles. The Labute approximate surface area is 66.3 Å². The third-order valence-corrected chi connectivity index (χ3v) is 1.25. The molecule has 0 fully saturated rings. The lowest BCUT2D eigenvalue weighted by atomic mass is 10.1. The molecule has 0 heterocycles. The normalized spacial score (nSPS) is 17.1. The maximum atomic E-state index is 11.7. The van der Waals surface area contributed by atoms with Gasteiger partial charge in [0.15, 0.2) is 0 Å². The van der Waals surface area contributed by atoms with E-state index in [-0.39, 0.29) is 0 Å². The van der Waals surface area contributed by atoms with Gasteiger partial charge in [-0.2, -0.15) is 13.2 Å². The molecule has 0 radical (unpaired) electrons. The lowest BCUT2D eigenvalue weighted by Crippen LogP contribution is -2.44. The highest BCUT2D eigenvalue weighted by Crippen LogP contribution is 2.21. The van der Waals surface area contributed by atoms with E-state index in [0.29, 0.717) is 0 Å². The summed E-state index contributed by atoms with van der Waals surface area (Å²) in [5.41, 5.74) is 9.46. The molecule has 0 unspecified atom stereocenters. The molecule has 0 aromatic carbocycles. The van der Waals surface area contributed by atoms with E-state index in [1.54, 1.807) is 0 Å². The van der Waals surface area contributed by atoms with E-state index in [0.717, 1.165) is 0 Å². The van der Waals surface area contributed by atoms with Crippen LogP contribution in [0.3, 0.4) is 0 Å². The second kappa shape index (κ2) is 3.72. The fourth-order valence-electron chi connectivity index (χ4n) is 0.508. The van der Waals surface area contributed by atoms with Crippen molar-refractivity contribution >= 4 is 5.97 Å². The molecule has 0 aliphatic heterocycles. The summed E-state index contributed by atoms with van der Waals surface area (Å²) in [6.07, 6.45) is -5.40. The third kappa shape index (κ3) is 3.54. The summed E-state index contributed by atoms with van der Waals surface area (Å²) in [5.74, 6) is -1.49. The SMILES string of the molecule is N[C@H](C[C@@H](N)C(F)(F)F)C(=O)O. The molecule has 0 saturated carbocycles. The zero-order valence-electron chi connectivity index (χ0n) is 6.01. The van der Waals surface area contributed by atoms with E-state index in [2.05, 4.69) is 5.73 Å². The number of rotatable bonds is 3. The molecule has 0 bridgehead atoms. The fraction of sp³-hybridized carbons (Fsp3) is 0.800. The van der Waals surface area contributed by atoms with Gasteiger partial charge < -0.3 is 16.6 Å². The Kier molecular flexibility index (Phi) is 3.47. The Bertz CT molecular complexity index is 171. The van der Waals surface area contributed by atoms with Crippen molar-refractivity contribution in [2.45, 2.75) is 24.7 Å². The van der Waals surface area contributed by atoms with E-state index in [1.165, 1.54) is 0 Å². The molecule has 0 aromatic rings. The quantitative estimate of drug-likeness (QED) is 0.563. The standard InChI is InChI=1S/C5H9F3N2O2/c6-5(7,8)3(10)1-2(9)4(11)12/h2-3H,1,9-10H2,(H,11,12)/t2-,3-/m1/s1. The van der Waals surface area contributed by atoms with Gasteiger partial charge in [-0.05, 0) is 6.42 Å². The Morgan fingerprint density at radius 1 is 1.42 bits per heavy atom. The van der Waals surface area contributed by atoms with E-state index in [1.807, 2.05) is 0 Å². The Balaban J connectivity index is 4.01. The molecule has 2 atom stereocenters. The number of alkyl halides is 3. The van der Waals surface area contributed by atoms with Gasteiger partial charge in [-0.25, -0.2) is 0 Å². The number of nitrogens with two attached hydrogens (primary N) is 2. The van der Waals surface area contributed by atoms with Gasteiger partial charge in [-0.1, -0.05) is 0 Å². The van der Waals surface area contributed by atoms with Crippen LogP contribution >= 0.6 is 0 Å². The van der Waals surface area contributed by atoms with Crippen molar-refractivity contribution in [1.29, 1.82) is 0 Å². The third-order valence-electron chi connectivity index (χ3n) is 1.25. The second-order valence-electron chi connectivity index (χ2n) is 2.33. The first kappa shape index (κ1) is 11.2. The number of carbonyl (C=O) groups is 1. The van der Waals surface area contributed by atoms with Crippen molar-refractivity contribution in [2.75, 3.05) is 0 Å². The van der Waals surface area contributed by atoms with Gasteiger partial charge in [0.2, 0.25) is 0 Å². The second-order valence-corrected chi connectivity index (χ2v) is 2.33. The van der Waals surface area contributed by atoms with E-state index < -0.39 is 30.7 Å². The van der Waals surface area contributed by atoms with Crippen molar-refractivity contribution in [1.82, 2.24) is 0 Å². The molecule has 0 saturated heterocycles. The molecule has 5 N–H and O–H groups in total. The minimum atomic E-state index is -4.59. The van der Waals surface area contributed by atoms with Crippen LogP contribution in [0.4, 0.5) is 13.2 Å². The van der Waals surface area contributed by atoms with Crippen molar-refractivity contribution in [3.05, 3.63) is 0 Å². The number of carboxylic acids is 1. The molecule has 72 valence electrons. The number of hydrogen-bond acceptors (Lipinski definition) is 3. The molecular formula is C5H9F3N2O2. The summed E-state index contributed by atoms with van der Waals surface area (Å²) in [7, 11) is 0. The van der Waals surface area contributed by atoms with Gasteiger partial charge in [0.05, 0.1) is 0 Å². The summed E-state index contributed by atoms with van der Waals surface area (Å²) in [4.78, 5) is 10.0. The van der Waals surface area contributed by atoms with Gasteiger partial charge in [0.25, 0.3) is 0 Å². The lowest BCUT2D eigenvalue weighted by molar-refractivity contribution is -0.153. The Hall–Kier alpha value is -0.820. The maximum absolute atomic E-state index is 11.7. The van der Waals surface area contributed by atoms with Gasteiger partial charge in [-0.3, -0.25) is 4.79 Å². The number of hydrogen-bond donors (Lipinski definition) is 3. The molecular weight excluding hydrogens is 177 g/mol. The van der Waals surface area contributed by atoms with Crippen molar-refractivity contribution in [3.63, 3.8) is 0 Å². The zero-order valence-corrected chi connectivity index (χ0v) is 6.01. The molecule has 12 heavy (non-hydrogen) atoms. The van der Waals surface area contributed by atoms with Crippen LogP contribution < -0.4 is 11.5 Å². The fourth-order valence-corrected chi connectivity index (χ4v) is 0.508. The molecule has 0 spiro atoms. The minimum Gasteiger partial charge on any atom is -0.480 e. The van der Waals surface area contributed by atoms with Gasteiger partial charge >= 0.3 is 12.1 Å². The van der Waals surface area contributed by atoms with Gasteiger partial charge in [0, 0.05) is 0 Å². The van der Waals surface area contributed by atoms with E-state index in [9.17, 15) is 18.0 Å². The monoisotopic (exact) mass is 186 g/mol. The molecule has 4 nitrogen and oxygen atoms in total. The summed E-state index contributed by atoms with van der Waals surface area (Å²) in [6.45, 7) is 0. The highest BCUT2D eigenvalue weighted by Gasteiger charge is 2.38. The summed E-state index contributed by atoms with van der Waals surface area (Å²) in [6, 6.07) is -3.75. The first-order valence-corrected chi connectivity index (χ1v) is 3.06. The van der Waals surface area contributed by atoms with Crippen molar-refractivity contribution < 1.29 is 23.1 Å². The predicted octanol–water partition coefficient (Wildman–Crippen LogP) is -0.322. The van der Waals surface area contributed by atoms with Crippen LogP contribution in [-0.4, -0.2) is 29.3 Å². The van der Waals surface area contributed by atoms with Crippen LogP contribution in [-0.2, 0) is 4.79 Å². The topological polar surface area (TPSA) is 89.3 Å². The average Bonchev–Trinajstić information content (AvgIpc) is 1.85. The maximum Gasteiger partial charge on any atom is 0.403 e. The Morgan fingerprint density at radius 2 is 1.83 bits per heavy atom. The van der Waals surface area contributed by atoms with E-state index in [4.69, 9.17) is 10.8 Å². The van der Waals surface area contributed by atoms with E-state index >= 15 is 0 Å². The predicted molar refractivity (Wildman–Crippen MR) is 34.3 cm³/mol. The number of carboxylic acid groups (broad SMARTS) is 1. The van der Waals surface area contributed by atoms with Crippen LogP contribution in [0.15, 0.2) is 0 Å². The first-order chi connectivity index (χ1) is 5.25. The summed E-state index contributed by atoms with van der Waals surface area (Å²) in [5, 5.41) is 8.15. The van der Waals surface area contributed by atoms with Gasteiger partial charge in [0.1, 0.15) is 12.1 Å². The molecule has 0 aromatic heterocycles. The smallest absolute Gasteiger partial charge is 0.403 e. The number of halogens is 3.